The smallest absolute Gasteiger partial charge is 0.103 e. The maximum atomic E-state index is 9.68. The number of fused-ring (bicyclic) bond motifs is 1. The summed E-state index contributed by atoms with van der Waals surface area (Å²) in [7, 11) is 0. The number of benzene rings is 1. The molecular weight excluding hydrogens is 466 g/mol. The largest absolute Gasteiger partial charge is 0.312 e. The van der Waals surface area contributed by atoms with E-state index in [0.29, 0.717) is 29.3 Å². The Morgan fingerprint density at radius 1 is 1.00 bits per heavy atom. The van der Waals surface area contributed by atoms with Crippen molar-refractivity contribution in [3.63, 3.8) is 0 Å². The zero-order chi connectivity index (χ0) is 25.2. The zero-order valence-corrected chi connectivity index (χ0v) is 21.6. The lowest BCUT2D eigenvalue weighted by atomic mass is 9.90. The van der Waals surface area contributed by atoms with Gasteiger partial charge >= 0.3 is 0 Å². The molecule has 0 spiro atoms. The van der Waals surface area contributed by atoms with E-state index in [-0.39, 0.29) is 0 Å². The van der Waals surface area contributed by atoms with Gasteiger partial charge in [0.05, 0.1) is 35.1 Å². The van der Waals surface area contributed by atoms with Gasteiger partial charge in [-0.2, -0.15) is 20.7 Å². The van der Waals surface area contributed by atoms with Crippen LogP contribution in [0.1, 0.15) is 62.4 Å². The topological polar surface area (TPSA) is 94.7 Å². The monoisotopic (exact) mass is 495 g/mol. The van der Waals surface area contributed by atoms with E-state index in [1.807, 2.05) is 36.7 Å². The third kappa shape index (κ3) is 4.63. The lowest BCUT2D eigenvalue weighted by Gasteiger charge is -2.31. The normalized spacial score (nSPS) is 17.8. The molecule has 0 atom stereocenters. The molecule has 1 aromatic carbocycles. The molecule has 5 rings (SSSR count). The number of nitriles is 2. The molecule has 0 saturated heterocycles. The Morgan fingerprint density at radius 3 is 2.47 bits per heavy atom. The fourth-order valence-corrected chi connectivity index (χ4v) is 6.28. The highest BCUT2D eigenvalue weighted by atomic mass is 32.2. The summed E-state index contributed by atoms with van der Waals surface area (Å²) in [5.74, 6) is 0. The van der Waals surface area contributed by atoms with Crippen LogP contribution in [0.25, 0.3) is 16.6 Å². The molecule has 0 radical (unpaired) electrons. The van der Waals surface area contributed by atoms with Crippen LogP contribution in [0.3, 0.4) is 0 Å². The predicted octanol–water partition coefficient (Wildman–Crippen LogP) is 5.88. The van der Waals surface area contributed by atoms with Crippen LogP contribution < -0.4 is 5.32 Å². The minimum atomic E-state index is 0.402. The number of pyridine rings is 1. The van der Waals surface area contributed by atoms with Gasteiger partial charge in [-0.25, -0.2) is 4.52 Å². The quantitative estimate of drug-likeness (QED) is 0.359. The maximum absolute atomic E-state index is 9.68. The molecule has 1 aliphatic rings. The summed E-state index contributed by atoms with van der Waals surface area (Å²) >= 11 is 1.49. The molecule has 7 nitrogen and oxygen atoms in total. The van der Waals surface area contributed by atoms with E-state index >= 15 is 0 Å². The maximum Gasteiger partial charge on any atom is 0.103 e. The van der Waals surface area contributed by atoms with Crippen molar-refractivity contribution < 1.29 is 0 Å². The van der Waals surface area contributed by atoms with E-state index < -0.39 is 0 Å². The Balaban J connectivity index is 1.50. The van der Waals surface area contributed by atoms with Crippen molar-refractivity contribution in [3.8, 4) is 23.3 Å². The van der Waals surface area contributed by atoms with Gasteiger partial charge in [0.2, 0.25) is 0 Å². The first-order valence-corrected chi connectivity index (χ1v) is 13.2. The molecule has 182 valence electrons. The molecule has 3 aromatic heterocycles. The van der Waals surface area contributed by atoms with Crippen molar-refractivity contribution in [2.75, 3.05) is 0 Å². The summed E-state index contributed by atoms with van der Waals surface area (Å²) in [5, 5.41) is 32.2. The fourth-order valence-electron chi connectivity index (χ4n) is 5.19. The van der Waals surface area contributed by atoms with Crippen molar-refractivity contribution in [3.05, 3.63) is 65.7 Å². The molecule has 0 aliphatic heterocycles. The number of rotatable bonds is 6. The van der Waals surface area contributed by atoms with E-state index in [4.69, 9.17) is 5.10 Å². The zero-order valence-electron chi connectivity index (χ0n) is 20.8. The number of nitrogens with one attached hydrogen (secondary N) is 1. The van der Waals surface area contributed by atoms with E-state index in [2.05, 4.69) is 54.1 Å². The lowest BCUT2D eigenvalue weighted by Crippen LogP contribution is -2.38. The number of hydrogen-bond acceptors (Lipinski definition) is 6. The van der Waals surface area contributed by atoms with Crippen LogP contribution in [0, 0.1) is 29.6 Å². The third-order valence-corrected chi connectivity index (χ3v) is 8.00. The predicted molar refractivity (Wildman–Crippen MR) is 141 cm³/mol. The van der Waals surface area contributed by atoms with Crippen molar-refractivity contribution in [1.29, 1.82) is 10.5 Å². The number of nitrogens with zero attached hydrogens (tertiary/aromatic N) is 6. The molecule has 8 heteroatoms. The van der Waals surface area contributed by atoms with Crippen LogP contribution in [0.2, 0.25) is 0 Å². The van der Waals surface area contributed by atoms with Gasteiger partial charge in [0, 0.05) is 44.9 Å². The van der Waals surface area contributed by atoms with Crippen LogP contribution in [-0.4, -0.2) is 31.5 Å². The molecule has 1 saturated carbocycles. The fraction of sp³-hybridized carbons (Fsp3) is 0.357. The van der Waals surface area contributed by atoms with E-state index in [0.717, 1.165) is 57.8 Å². The Kier molecular flexibility index (Phi) is 6.82. The minimum absolute atomic E-state index is 0.402. The van der Waals surface area contributed by atoms with Crippen LogP contribution in [-0.2, 0) is 0 Å². The Morgan fingerprint density at radius 2 is 1.75 bits per heavy atom. The average Bonchev–Trinajstić information content (AvgIpc) is 3.48. The SMILES string of the molecule is Cc1c(-c2cc(Sc3ccccc3C#N)c3c(C#N)cnn3c2)cnn1C1CCC(NC(C)C)CC1. The van der Waals surface area contributed by atoms with E-state index in [1.165, 1.54) is 11.8 Å². The molecule has 0 unspecified atom stereocenters. The summed E-state index contributed by atoms with van der Waals surface area (Å²) in [6, 6.07) is 15.6. The Labute approximate surface area is 215 Å². The van der Waals surface area contributed by atoms with Gasteiger partial charge in [-0.3, -0.25) is 4.68 Å². The average molecular weight is 496 g/mol. The molecule has 1 aliphatic carbocycles. The highest BCUT2D eigenvalue weighted by molar-refractivity contribution is 7.99. The van der Waals surface area contributed by atoms with E-state index in [9.17, 15) is 10.5 Å². The third-order valence-electron chi connectivity index (χ3n) is 6.89. The molecule has 1 N–H and O–H groups in total. The molecule has 0 bridgehead atoms. The van der Waals surface area contributed by atoms with Crippen LogP contribution in [0.5, 0.6) is 0 Å². The van der Waals surface area contributed by atoms with Gasteiger partial charge in [-0.05, 0) is 50.8 Å². The van der Waals surface area contributed by atoms with Gasteiger partial charge in [0.25, 0.3) is 0 Å². The van der Waals surface area contributed by atoms with Gasteiger partial charge in [-0.1, -0.05) is 37.7 Å². The highest BCUT2D eigenvalue weighted by Gasteiger charge is 2.25. The molecule has 4 aromatic rings. The van der Waals surface area contributed by atoms with Gasteiger partial charge in [0.1, 0.15) is 12.1 Å². The van der Waals surface area contributed by atoms with Gasteiger partial charge < -0.3 is 5.32 Å². The van der Waals surface area contributed by atoms with Gasteiger partial charge in [0.15, 0.2) is 0 Å². The summed E-state index contributed by atoms with van der Waals surface area (Å²) in [6.45, 7) is 6.54. The van der Waals surface area contributed by atoms with E-state index in [1.54, 1.807) is 10.7 Å². The standard InChI is InChI=1S/C28H29N7S/c1-18(2)33-23-8-10-24(11-9-23)35-19(3)25(16-32-35)21-12-27(28-22(14-30)15-31-34(28)17-21)36-26-7-5-4-6-20(26)13-29/h4-7,12,15-18,23-24,33H,8-11H2,1-3H3. The first kappa shape index (κ1) is 24.1. The van der Waals surface area contributed by atoms with Crippen LogP contribution in [0.15, 0.2) is 58.7 Å². The molecule has 0 amide bonds. The lowest BCUT2D eigenvalue weighted by molar-refractivity contribution is 0.265. The number of aromatic nitrogens is 4. The summed E-state index contributed by atoms with van der Waals surface area (Å²) in [5.41, 5.74) is 5.05. The Hall–Kier alpha value is -3.59. The molecular formula is C28H29N7S. The first-order chi connectivity index (χ1) is 17.5. The minimum Gasteiger partial charge on any atom is -0.312 e. The second kappa shape index (κ2) is 10.2. The summed E-state index contributed by atoms with van der Waals surface area (Å²) < 4.78 is 3.96. The van der Waals surface area contributed by atoms with Crippen LogP contribution >= 0.6 is 11.8 Å². The van der Waals surface area contributed by atoms with Crippen molar-refractivity contribution in [2.45, 2.75) is 74.4 Å². The second-order valence-corrected chi connectivity index (χ2v) is 10.8. The second-order valence-electron chi connectivity index (χ2n) is 9.68. The van der Waals surface area contributed by atoms with Crippen molar-refractivity contribution >= 4 is 17.3 Å². The highest BCUT2D eigenvalue weighted by Crippen LogP contribution is 2.38. The molecule has 3 heterocycles. The molecule has 1 fully saturated rings. The summed E-state index contributed by atoms with van der Waals surface area (Å²) in [4.78, 5) is 1.74. The first-order valence-electron chi connectivity index (χ1n) is 12.4. The van der Waals surface area contributed by atoms with Crippen molar-refractivity contribution in [1.82, 2.24) is 24.7 Å². The van der Waals surface area contributed by atoms with Crippen LogP contribution in [0.4, 0.5) is 0 Å². The summed E-state index contributed by atoms with van der Waals surface area (Å²) in [6.07, 6.45) is 10.1. The van der Waals surface area contributed by atoms with Crippen molar-refractivity contribution in [2.24, 2.45) is 0 Å². The van der Waals surface area contributed by atoms with Gasteiger partial charge in [-0.15, -0.1) is 0 Å². The number of hydrogen-bond donors (Lipinski definition) is 1. The Bertz CT molecular complexity index is 1480. The molecule has 36 heavy (non-hydrogen) atoms.